The number of nitrogens with one attached hydrogen (secondary N) is 2. The van der Waals surface area contributed by atoms with Gasteiger partial charge in [0.05, 0.1) is 11.6 Å². The molecule has 0 atom stereocenters. The molecule has 0 aliphatic heterocycles. The Hall–Kier alpha value is -2.35. The van der Waals surface area contributed by atoms with Crippen LogP contribution in [0.2, 0.25) is 5.02 Å². The van der Waals surface area contributed by atoms with Gasteiger partial charge in [-0.05, 0) is 25.1 Å². The summed E-state index contributed by atoms with van der Waals surface area (Å²) in [5.41, 5.74) is 0.484. The third-order valence-corrected chi connectivity index (χ3v) is 2.79. The Kier molecular flexibility index (Phi) is 5.16. The summed E-state index contributed by atoms with van der Waals surface area (Å²) < 4.78 is 33.2. The Morgan fingerprint density at radius 2 is 2.23 bits per heavy atom. The van der Waals surface area contributed by atoms with E-state index in [1.54, 1.807) is 13.0 Å². The average Bonchev–Trinajstić information content (AvgIpc) is 2.84. The van der Waals surface area contributed by atoms with E-state index >= 15 is 0 Å². The van der Waals surface area contributed by atoms with Crippen LogP contribution >= 0.6 is 11.6 Å². The van der Waals surface area contributed by atoms with Gasteiger partial charge in [0, 0.05) is 11.8 Å². The van der Waals surface area contributed by atoms with Crippen LogP contribution in [0.5, 0.6) is 5.75 Å². The summed E-state index contributed by atoms with van der Waals surface area (Å²) in [6.07, 6.45) is 0. The summed E-state index contributed by atoms with van der Waals surface area (Å²) in [5, 5.41) is 8.95. The van der Waals surface area contributed by atoms with Crippen LogP contribution < -0.4 is 15.4 Å². The van der Waals surface area contributed by atoms with E-state index in [1.807, 2.05) is 0 Å². The molecule has 0 radical (unpaired) electrons. The Labute approximate surface area is 129 Å². The molecular formula is C13H12ClF2N3O3. The lowest BCUT2D eigenvalue weighted by atomic mass is 10.3. The number of alkyl halides is 2. The zero-order valence-electron chi connectivity index (χ0n) is 11.4. The van der Waals surface area contributed by atoms with Gasteiger partial charge >= 0.3 is 6.61 Å². The number of aromatic nitrogens is 1. The molecule has 1 heterocycles. The smallest absolute Gasteiger partial charge is 0.387 e. The second-order valence-corrected chi connectivity index (χ2v) is 4.66. The highest BCUT2D eigenvalue weighted by Crippen LogP contribution is 2.28. The molecule has 1 amide bonds. The van der Waals surface area contributed by atoms with Crippen LogP contribution in [0.1, 0.15) is 5.76 Å². The second-order valence-electron chi connectivity index (χ2n) is 4.25. The van der Waals surface area contributed by atoms with Gasteiger partial charge in [-0.3, -0.25) is 4.79 Å². The molecule has 1 aromatic carbocycles. The molecule has 0 bridgehead atoms. The Morgan fingerprint density at radius 3 is 2.82 bits per heavy atom. The molecule has 0 fully saturated rings. The summed E-state index contributed by atoms with van der Waals surface area (Å²) in [7, 11) is 0. The molecule has 0 unspecified atom stereocenters. The van der Waals surface area contributed by atoms with Crippen molar-refractivity contribution in [3.05, 3.63) is 35.0 Å². The van der Waals surface area contributed by atoms with Gasteiger partial charge in [-0.25, -0.2) is 0 Å². The first-order valence-electron chi connectivity index (χ1n) is 6.15. The molecule has 0 aliphatic carbocycles. The third-order valence-electron chi connectivity index (χ3n) is 2.50. The Morgan fingerprint density at radius 1 is 1.45 bits per heavy atom. The van der Waals surface area contributed by atoms with Crippen molar-refractivity contribution in [3.63, 3.8) is 0 Å². The highest BCUT2D eigenvalue weighted by atomic mass is 35.5. The number of aryl methyl sites for hydroxylation is 1. The van der Waals surface area contributed by atoms with E-state index in [0.29, 0.717) is 17.3 Å². The molecule has 0 saturated carbocycles. The fourth-order valence-corrected chi connectivity index (χ4v) is 1.82. The van der Waals surface area contributed by atoms with Crippen LogP contribution in [0.4, 0.5) is 20.3 Å². The monoisotopic (exact) mass is 331 g/mol. The predicted octanol–water partition coefficient (Wildman–Crippen LogP) is 3.29. The van der Waals surface area contributed by atoms with Crippen molar-refractivity contribution in [1.82, 2.24) is 5.16 Å². The standard InChI is InChI=1S/C13H12ClF2N3O3/c1-7-4-11(19-22-7)18-12(20)6-17-8-2-3-10(9(14)5-8)21-13(15)16/h2-5,13,17H,6H2,1H3,(H,18,19,20). The maximum atomic E-state index is 12.1. The topological polar surface area (TPSA) is 76.4 Å². The fraction of sp³-hybridized carbons (Fsp3) is 0.231. The minimum atomic E-state index is -2.95. The SMILES string of the molecule is Cc1cc(NC(=O)CNc2ccc(OC(F)F)c(Cl)c2)no1. The zero-order valence-corrected chi connectivity index (χ0v) is 12.2. The number of ether oxygens (including phenoxy) is 1. The number of rotatable bonds is 6. The van der Waals surface area contributed by atoms with Gasteiger partial charge in [0.2, 0.25) is 5.91 Å². The van der Waals surface area contributed by atoms with Gasteiger partial charge in [0.15, 0.2) is 5.82 Å². The van der Waals surface area contributed by atoms with Crippen molar-refractivity contribution in [2.45, 2.75) is 13.5 Å². The van der Waals surface area contributed by atoms with Gasteiger partial charge in [0.25, 0.3) is 0 Å². The lowest BCUT2D eigenvalue weighted by Crippen LogP contribution is -2.21. The quantitative estimate of drug-likeness (QED) is 0.849. The van der Waals surface area contributed by atoms with E-state index in [4.69, 9.17) is 16.1 Å². The van der Waals surface area contributed by atoms with Gasteiger partial charge in [-0.2, -0.15) is 8.78 Å². The Bertz CT molecular complexity index is 664. The molecule has 118 valence electrons. The zero-order chi connectivity index (χ0) is 16.1. The number of hydrogen-bond acceptors (Lipinski definition) is 5. The number of benzene rings is 1. The van der Waals surface area contributed by atoms with Crippen LogP contribution in [0.3, 0.4) is 0 Å². The molecule has 0 saturated heterocycles. The molecule has 6 nitrogen and oxygen atoms in total. The van der Waals surface area contributed by atoms with Crippen molar-refractivity contribution < 1.29 is 22.8 Å². The lowest BCUT2D eigenvalue weighted by molar-refractivity contribution is -0.114. The summed E-state index contributed by atoms with van der Waals surface area (Å²) in [5.74, 6) is 0.398. The van der Waals surface area contributed by atoms with Gasteiger partial charge < -0.3 is 19.9 Å². The van der Waals surface area contributed by atoms with Gasteiger partial charge in [-0.1, -0.05) is 16.8 Å². The molecule has 0 spiro atoms. The maximum absolute atomic E-state index is 12.1. The maximum Gasteiger partial charge on any atom is 0.387 e. The van der Waals surface area contributed by atoms with Crippen LogP contribution in [0, 0.1) is 6.92 Å². The van der Waals surface area contributed by atoms with Gasteiger partial charge in [0.1, 0.15) is 11.5 Å². The first-order chi connectivity index (χ1) is 10.4. The van der Waals surface area contributed by atoms with E-state index in [1.165, 1.54) is 18.2 Å². The summed E-state index contributed by atoms with van der Waals surface area (Å²) >= 11 is 5.80. The van der Waals surface area contributed by atoms with Crippen LogP contribution in [0.25, 0.3) is 0 Å². The number of hydrogen-bond donors (Lipinski definition) is 2. The van der Waals surface area contributed by atoms with Crippen molar-refractivity contribution >= 4 is 29.0 Å². The third kappa shape index (κ3) is 4.59. The van der Waals surface area contributed by atoms with Gasteiger partial charge in [-0.15, -0.1) is 0 Å². The highest BCUT2D eigenvalue weighted by molar-refractivity contribution is 6.32. The highest BCUT2D eigenvalue weighted by Gasteiger charge is 2.10. The van der Waals surface area contributed by atoms with E-state index in [2.05, 4.69) is 20.5 Å². The molecule has 0 aliphatic rings. The van der Waals surface area contributed by atoms with Crippen molar-refractivity contribution in [2.75, 3.05) is 17.2 Å². The predicted molar refractivity (Wildman–Crippen MR) is 76.4 cm³/mol. The van der Waals surface area contributed by atoms with Crippen molar-refractivity contribution in [2.24, 2.45) is 0 Å². The molecule has 2 rings (SSSR count). The van der Waals surface area contributed by atoms with E-state index < -0.39 is 6.61 Å². The number of nitrogens with zero attached hydrogens (tertiary/aromatic N) is 1. The van der Waals surface area contributed by atoms with Crippen molar-refractivity contribution in [3.8, 4) is 5.75 Å². The minimum absolute atomic E-state index is 0.0119. The first kappa shape index (κ1) is 16.0. The van der Waals surface area contributed by atoms with E-state index in [9.17, 15) is 13.6 Å². The summed E-state index contributed by atoms with van der Waals surface area (Å²) in [4.78, 5) is 11.7. The lowest BCUT2D eigenvalue weighted by Gasteiger charge is -2.10. The van der Waals surface area contributed by atoms with Crippen LogP contribution in [-0.4, -0.2) is 24.2 Å². The average molecular weight is 332 g/mol. The van der Waals surface area contributed by atoms with Crippen molar-refractivity contribution in [1.29, 1.82) is 0 Å². The number of halogens is 3. The van der Waals surface area contributed by atoms with Crippen LogP contribution in [-0.2, 0) is 4.79 Å². The van der Waals surface area contributed by atoms with E-state index in [-0.39, 0.29) is 23.2 Å². The number of carbonyl (C=O) groups is 1. The minimum Gasteiger partial charge on any atom is -0.433 e. The molecule has 2 aromatic rings. The first-order valence-corrected chi connectivity index (χ1v) is 6.53. The molecule has 2 N–H and O–H groups in total. The Balaban J connectivity index is 1.88. The van der Waals surface area contributed by atoms with E-state index in [0.717, 1.165) is 0 Å². The largest absolute Gasteiger partial charge is 0.433 e. The fourth-order valence-electron chi connectivity index (χ4n) is 1.60. The van der Waals surface area contributed by atoms with Crippen LogP contribution in [0.15, 0.2) is 28.8 Å². The number of anilines is 2. The number of carbonyl (C=O) groups excluding carboxylic acids is 1. The second kappa shape index (κ2) is 7.08. The molecule has 22 heavy (non-hydrogen) atoms. The summed E-state index contributed by atoms with van der Waals surface area (Å²) in [6, 6.07) is 5.71. The summed E-state index contributed by atoms with van der Waals surface area (Å²) in [6.45, 7) is -1.31. The molecule has 1 aromatic heterocycles. The normalized spacial score (nSPS) is 10.6. The molecule has 9 heteroatoms. The number of amides is 1. The molecular weight excluding hydrogens is 320 g/mol.